The number of amides is 1. The first-order valence-corrected chi connectivity index (χ1v) is 6.31. The summed E-state index contributed by atoms with van der Waals surface area (Å²) in [5.74, 6) is -0.450. The molecule has 0 atom stereocenters. The highest BCUT2D eigenvalue weighted by Crippen LogP contribution is 2.42. The monoisotopic (exact) mass is 267 g/mol. The number of rotatable bonds is 5. The van der Waals surface area contributed by atoms with Crippen LogP contribution in [0, 0.1) is 5.41 Å². The van der Waals surface area contributed by atoms with Crippen molar-refractivity contribution in [2.45, 2.75) is 45.2 Å². The average Bonchev–Trinajstić information content (AvgIpc) is 2.75. The van der Waals surface area contributed by atoms with E-state index in [0.717, 1.165) is 17.7 Å². The number of alkyl halides is 3. The van der Waals surface area contributed by atoms with E-state index in [1.165, 1.54) is 0 Å². The molecule has 0 aromatic rings. The maximum atomic E-state index is 12.4. The predicted octanol–water partition coefficient (Wildman–Crippen LogP) is 2.34. The van der Waals surface area contributed by atoms with Crippen LogP contribution in [0.4, 0.5) is 13.2 Å². The molecule has 1 aliphatic carbocycles. The Balaban J connectivity index is 2.81. The second-order valence-electron chi connectivity index (χ2n) is 4.91. The minimum atomic E-state index is -4.42. The van der Waals surface area contributed by atoms with Gasteiger partial charge in [-0.25, -0.2) is 0 Å². The van der Waals surface area contributed by atoms with Crippen molar-refractivity contribution in [3.05, 3.63) is 0 Å². The molecule has 1 aliphatic rings. The lowest BCUT2D eigenvalue weighted by atomic mass is 9.82. The summed E-state index contributed by atoms with van der Waals surface area (Å²) >= 11 is 0. The quantitative estimate of drug-likeness (QED) is 0.830. The van der Waals surface area contributed by atoms with Gasteiger partial charge in [-0.3, -0.25) is 4.79 Å². The number of aliphatic hydroxyl groups is 1. The van der Waals surface area contributed by atoms with E-state index in [0.29, 0.717) is 19.3 Å². The second-order valence-corrected chi connectivity index (χ2v) is 4.91. The van der Waals surface area contributed by atoms with Crippen LogP contribution in [0.3, 0.4) is 0 Å². The Bertz CT molecular complexity index is 286. The van der Waals surface area contributed by atoms with Gasteiger partial charge in [0.2, 0.25) is 5.91 Å². The highest BCUT2D eigenvalue weighted by Gasteiger charge is 2.44. The fraction of sp³-hybridized carbons (Fsp3) is 0.917. The zero-order chi connectivity index (χ0) is 13.8. The summed E-state index contributed by atoms with van der Waals surface area (Å²) in [6, 6.07) is 0. The van der Waals surface area contributed by atoms with E-state index in [4.69, 9.17) is 5.11 Å². The summed E-state index contributed by atoms with van der Waals surface area (Å²) in [5.41, 5.74) is -0.638. The number of nitrogens with zero attached hydrogens (tertiary/aromatic N) is 1. The summed E-state index contributed by atoms with van der Waals surface area (Å²) in [4.78, 5) is 13.0. The standard InChI is InChI=1S/C12H20F3NO2/c1-2-11(5-3-4-6-11)10(18)16(7-8-17)9-12(13,14)15/h17H,2-9H2,1H3. The molecule has 0 aromatic heterocycles. The topological polar surface area (TPSA) is 40.5 Å². The summed E-state index contributed by atoms with van der Waals surface area (Å²) in [6.45, 7) is -0.121. The molecule has 1 rings (SSSR count). The lowest BCUT2D eigenvalue weighted by molar-refractivity contribution is -0.168. The van der Waals surface area contributed by atoms with Crippen molar-refractivity contribution < 1.29 is 23.1 Å². The van der Waals surface area contributed by atoms with E-state index < -0.39 is 30.7 Å². The Kier molecular flexibility index (Phi) is 5.01. The van der Waals surface area contributed by atoms with Crippen LogP contribution in [-0.2, 0) is 4.79 Å². The number of carbonyl (C=O) groups is 1. The lowest BCUT2D eigenvalue weighted by Gasteiger charge is -2.33. The van der Waals surface area contributed by atoms with Gasteiger partial charge in [0.1, 0.15) is 6.54 Å². The van der Waals surface area contributed by atoms with E-state index in [1.807, 2.05) is 6.92 Å². The molecule has 1 N–H and O–H groups in total. The minimum absolute atomic E-state index is 0.250. The van der Waals surface area contributed by atoms with Gasteiger partial charge in [0, 0.05) is 12.0 Å². The van der Waals surface area contributed by atoms with Crippen molar-refractivity contribution in [3.8, 4) is 0 Å². The van der Waals surface area contributed by atoms with Crippen LogP contribution < -0.4 is 0 Å². The van der Waals surface area contributed by atoms with Crippen LogP contribution in [0.1, 0.15) is 39.0 Å². The molecule has 106 valence electrons. The van der Waals surface area contributed by atoms with Gasteiger partial charge in [-0.05, 0) is 19.3 Å². The van der Waals surface area contributed by atoms with Crippen molar-refractivity contribution in [2.75, 3.05) is 19.7 Å². The molecule has 1 saturated carbocycles. The van der Waals surface area contributed by atoms with Gasteiger partial charge in [-0.15, -0.1) is 0 Å². The van der Waals surface area contributed by atoms with Crippen LogP contribution in [0.25, 0.3) is 0 Å². The number of hydrogen-bond donors (Lipinski definition) is 1. The lowest BCUT2D eigenvalue weighted by Crippen LogP contribution is -2.47. The first-order valence-electron chi connectivity index (χ1n) is 6.31. The van der Waals surface area contributed by atoms with Crippen molar-refractivity contribution in [2.24, 2.45) is 5.41 Å². The molecule has 3 nitrogen and oxygen atoms in total. The zero-order valence-corrected chi connectivity index (χ0v) is 10.6. The van der Waals surface area contributed by atoms with Gasteiger partial charge in [-0.1, -0.05) is 19.8 Å². The third kappa shape index (κ3) is 3.60. The molecule has 0 bridgehead atoms. The number of hydrogen-bond acceptors (Lipinski definition) is 2. The van der Waals surface area contributed by atoms with Crippen LogP contribution in [0.15, 0.2) is 0 Å². The van der Waals surface area contributed by atoms with E-state index in [9.17, 15) is 18.0 Å². The van der Waals surface area contributed by atoms with Gasteiger partial charge >= 0.3 is 6.18 Å². The molecule has 0 saturated heterocycles. The molecular weight excluding hydrogens is 247 g/mol. The van der Waals surface area contributed by atoms with Crippen LogP contribution in [-0.4, -0.2) is 41.8 Å². The molecule has 1 fully saturated rings. The summed E-state index contributed by atoms with van der Waals surface area (Å²) in [6.07, 6.45) is -0.772. The normalized spacial score (nSPS) is 18.9. The highest BCUT2D eigenvalue weighted by molar-refractivity contribution is 5.83. The van der Waals surface area contributed by atoms with Gasteiger partial charge in [-0.2, -0.15) is 13.2 Å². The third-order valence-electron chi connectivity index (χ3n) is 3.72. The summed E-state index contributed by atoms with van der Waals surface area (Å²) in [5, 5.41) is 8.82. The highest BCUT2D eigenvalue weighted by atomic mass is 19.4. The SMILES string of the molecule is CCC1(C(=O)N(CCO)CC(F)(F)F)CCCC1. The minimum Gasteiger partial charge on any atom is -0.395 e. The molecular formula is C12H20F3NO2. The molecule has 0 aliphatic heterocycles. The second kappa shape index (κ2) is 5.91. The largest absolute Gasteiger partial charge is 0.406 e. The Hall–Kier alpha value is -0.780. The van der Waals surface area contributed by atoms with Crippen molar-refractivity contribution in [3.63, 3.8) is 0 Å². The first kappa shape index (κ1) is 15.3. The smallest absolute Gasteiger partial charge is 0.395 e. The average molecular weight is 267 g/mol. The predicted molar refractivity (Wildman–Crippen MR) is 60.9 cm³/mol. The summed E-state index contributed by atoms with van der Waals surface area (Å²) in [7, 11) is 0. The Morgan fingerprint density at radius 1 is 1.33 bits per heavy atom. The van der Waals surface area contributed by atoms with Gasteiger partial charge in [0.25, 0.3) is 0 Å². The molecule has 0 radical (unpaired) electrons. The molecule has 0 aromatic carbocycles. The van der Waals surface area contributed by atoms with Crippen molar-refractivity contribution >= 4 is 5.91 Å². The number of halogens is 3. The summed E-state index contributed by atoms with van der Waals surface area (Å²) < 4.78 is 37.3. The molecule has 6 heteroatoms. The van der Waals surface area contributed by atoms with Crippen LogP contribution in [0.5, 0.6) is 0 Å². The molecule has 0 spiro atoms. The third-order valence-corrected chi connectivity index (χ3v) is 3.72. The first-order chi connectivity index (χ1) is 8.34. The molecule has 1 amide bonds. The van der Waals surface area contributed by atoms with E-state index in [1.54, 1.807) is 0 Å². The van der Waals surface area contributed by atoms with Gasteiger partial charge in [0.05, 0.1) is 6.61 Å². The van der Waals surface area contributed by atoms with Crippen molar-refractivity contribution in [1.82, 2.24) is 4.90 Å². The molecule has 18 heavy (non-hydrogen) atoms. The number of carbonyl (C=O) groups excluding carboxylic acids is 1. The van der Waals surface area contributed by atoms with Crippen molar-refractivity contribution in [1.29, 1.82) is 0 Å². The Morgan fingerprint density at radius 2 is 1.89 bits per heavy atom. The van der Waals surface area contributed by atoms with Gasteiger partial charge < -0.3 is 10.0 Å². The van der Waals surface area contributed by atoms with Crippen LogP contribution in [0.2, 0.25) is 0 Å². The maximum absolute atomic E-state index is 12.4. The zero-order valence-electron chi connectivity index (χ0n) is 10.6. The molecule has 0 heterocycles. The Labute approximate surface area is 105 Å². The van der Waals surface area contributed by atoms with Gasteiger partial charge in [0.15, 0.2) is 0 Å². The van der Waals surface area contributed by atoms with E-state index in [2.05, 4.69) is 0 Å². The van der Waals surface area contributed by atoms with E-state index in [-0.39, 0.29) is 6.54 Å². The van der Waals surface area contributed by atoms with E-state index >= 15 is 0 Å². The fourth-order valence-electron chi connectivity index (χ4n) is 2.70. The fourth-order valence-corrected chi connectivity index (χ4v) is 2.70. The molecule has 0 unspecified atom stereocenters. The Morgan fingerprint density at radius 3 is 2.28 bits per heavy atom. The maximum Gasteiger partial charge on any atom is 0.406 e. The van der Waals surface area contributed by atoms with Crippen LogP contribution >= 0.6 is 0 Å². The number of aliphatic hydroxyl groups excluding tert-OH is 1.